The quantitative estimate of drug-likeness (QED) is 0.847. The molecular formula is C15H16O4. The van der Waals surface area contributed by atoms with Gasteiger partial charge in [0.25, 0.3) is 0 Å². The van der Waals surface area contributed by atoms with Gasteiger partial charge in [-0.1, -0.05) is 0 Å². The van der Waals surface area contributed by atoms with Crippen LogP contribution in [0.3, 0.4) is 0 Å². The van der Waals surface area contributed by atoms with E-state index in [1.54, 1.807) is 6.07 Å². The molecule has 0 aromatic heterocycles. The monoisotopic (exact) mass is 260 g/mol. The van der Waals surface area contributed by atoms with E-state index in [9.17, 15) is 9.59 Å². The van der Waals surface area contributed by atoms with Gasteiger partial charge in [0.2, 0.25) is 0 Å². The maximum Gasteiger partial charge on any atom is 0.306 e. The van der Waals surface area contributed by atoms with Gasteiger partial charge in [0, 0.05) is 17.9 Å². The predicted molar refractivity (Wildman–Crippen MR) is 68.4 cm³/mol. The van der Waals surface area contributed by atoms with E-state index in [1.165, 1.54) is 0 Å². The molecule has 0 radical (unpaired) electrons. The van der Waals surface area contributed by atoms with E-state index in [1.807, 2.05) is 12.1 Å². The number of carboxylic acids is 1. The van der Waals surface area contributed by atoms with Crippen molar-refractivity contribution in [3.8, 4) is 5.75 Å². The number of aliphatic carboxylic acids is 1. The topological polar surface area (TPSA) is 63.6 Å². The molecule has 1 heterocycles. The molecule has 1 aromatic rings. The molecule has 1 fully saturated rings. The van der Waals surface area contributed by atoms with Crippen LogP contribution in [0.4, 0.5) is 0 Å². The normalized spacial score (nSPS) is 24.8. The zero-order chi connectivity index (χ0) is 13.4. The van der Waals surface area contributed by atoms with Crippen molar-refractivity contribution in [1.82, 2.24) is 0 Å². The second-order valence-corrected chi connectivity index (χ2v) is 5.33. The van der Waals surface area contributed by atoms with Crippen LogP contribution in [-0.2, 0) is 11.2 Å². The highest BCUT2D eigenvalue weighted by molar-refractivity contribution is 5.98. The zero-order valence-electron chi connectivity index (χ0n) is 10.6. The van der Waals surface area contributed by atoms with Gasteiger partial charge in [0.1, 0.15) is 5.75 Å². The molecule has 0 saturated heterocycles. The lowest BCUT2D eigenvalue weighted by atomic mass is 9.94. The number of benzene rings is 1. The van der Waals surface area contributed by atoms with Crippen molar-refractivity contribution in [2.75, 3.05) is 6.61 Å². The van der Waals surface area contributed by atoms with Crippen molar-refractivity contribution in [2.24, 2.45) is 11.8 Å². The number of carboxylic acid groups (broad SMARTS) is 1. The fourth-order valence-electron chi connectivity index (χ4n) is 3.02. The molecule has 3 rings (SSSR count). The molecule has 0 amide bonds. The minimum Gasteiger partial charge on any atom is -0.493 e. The van der Waals surface area contributed by atoms with E-state index in [0.29, 0.717) is 31.4 Å². The molecule has 0 bridgehead atoms. The van der Waals surface area contributed by atoms with Crippen molar-refractivity contribution < 1.29 is 19.4 Å². The minimum atomic E-state index is -0.780. The molecule has 1 N–H and O–H groups in total. The Bertz CT molecular complexity index is 535. The van der Waals surface area contributed by atoms with Crippen LogP contribution in [0.1, 0.15) is 35.2 Å². The summed E-state index contributed by atoms with van der Waals surface area (Å²) in [4.78, 5) is 23.3. The minimum absolute atomic E-state index is 0.0819. The first kappa shape index (κ1) is 12.2. The number of hydrogen-bond donors (Lipinski definition) is 1. The second kappa shape index (κ2) is 4.68. The second-order valence-electron chi connectivity index (χ2n) is 5.33. The molecule has 2 aliphatic rings. The number of Topliss-reactive ketones (excluding diaryl/α,β-unsaturated/α-hetero) is 1. The Morgan fingerprint density at radius 1 is 1.21 bits per heavy atom. The smallest absolute Gasteiger partial charge is 0.306 e. The van der Waals surface area contributed by atoms with E-state index < -0.39 is 5.97 Å². The molecule has 2 unspecified atom stereocenters. The molecule has 0 spiro atoms. The Kier molecular flexibility index (Phi) is 3.01. The van der Waals surface area contributed by atoms with Gasteiger partial charge < -0.3 is 9.84 Å². The fourth-order valence-corrected chi connectivity index (χ4v) is 3.02. The first-order chi connectivity index (χ1) is 9.15. The number of hydrogen-bond acceptors (Lipinski definition) is 3. The van der Waals surface area contributed by atoms with Gasteiger partial charge in [-0.15, -0.1) is 0 Å². The lowest BCUT2D eigenvalue weighted by Crippen LogP contribution is -2.14. The molecule has 1 saturated carbocycles. The summed E-state index contributed by atoms with van der Waals surface area (Å²) in [5.74, 6) is -0.323. The predicted octanol–water partition coefficient (Wildman–Crippen LogP) is 2.31. The summed E-state index contributed by atoms with van der Waals surface area (Å²) in [6.07, 6.45) is 2.61. The van der Waals surface area contributed by atoms with E-state index in [4.69, 9.17) is 9.84 Å². The summed E-state index contributed by atoms with van der Waals surface area (Å²) in [5.41, 5.74) is 1.78. The van der Waals surface area contributed by atoms with Gasteiger partial charge in [0.05, 0.1) is 12.5 Å². The van der Waals surface area contributed by atoms with Crippen molar-refractivity contribution in [2.45, 2.75) is 25.7 Å². The van der Waals surface area contributed by atoms with E-state index >= 15 is 0 Å². The lowest BCUT2D eigenvalue weighted by molar-refractivity contribution is -0.141. The third kappa shape index (κ3) is 2.23. The number of ketones is 1. The largest absolute Gasteiger partial charge is 0.493 e. The van der Waals surface area contributed by atoms with E-state index in [0.717, 1.165) is 17.7 Å². The lowest BCUT2D eigenvalue weighted by Gasteiger charge is -2.09. The SMILES string of the molecule is O=C(O)C1CCC(C(=O)c2ccc3c(c2)CCO3)C1. The van der Waals surface area contributed by atoms with Gasteiger partial charge in [0.15, 0.2) is 5.78 Å². The Labute approximate surface area is 111 Å². The summed E-state index contributed by atoms with van der Waals surface area (Å²) in [7, 11) is 0. The van der Waals surface area contributed by atoms with Gasteiger partial charge >= 0.3 is 5.97 Å². The average molecular weight is 260 g/mol. The Morgan fingerprint density at radius 3 is 2.74 bits per heavy atom. The van der Waals surface area contributed by atoms with Crippen LogP contribution in [0.5, 0.6) is 5.75 Å². The molecule has 100 valence electrons. The summed E-state index contributed by atoms with van der Waals surface area (Å²) in [6, 6.07) is 5.54. The van der Waals surface area contributed by atoms with Gasteiger partial charge in [-0.05, 0) is 43.0 Å². The molecule has 1 aliphatic heterocycles. The van der Waals surface area contributed by atoms with Crippen LogP contribution in [0.15, 0.2) is 18.2 Å². The van der Waals surface area contributed by atoms with Crippen molar-refractivity contribution >= 4 is 11.8 Å². The number of carbonyl (C=O) groups excluding carboxylic acids is 1. The molecular weight excluding hydrogens is 244 g/mol. The number of ether oxygens (including phenoxy) is 1. The summed E-state index contributed by atoms with van der Waals surface area (Å²) in [6.45, 7) is 0.678. The van der Waals surface area contributed by atoms with Crippen LogP contribution >= 0.6 is 0 Å². The van der Waals surface area contributed by atoms with E-state index in [2.05, 4.69) is 0 Å². The Hall–Kier alpha value is -1.84. The maximum absolute atomic E-state index is 12.4. The van der Waals surface area contributed by atoms with Crippen LogP contribution in [0.2, 0.25) is 0 Å². The molecule has 1 aromatic carbocycles. The van der Waals surface area contributed by atoms with Crippen LogP contribution in [0.25, 0.3) is 0 Å². The van der Waals surface area contributed by atoms with Crippen molar-refractivity contribution in [1.29, 1.82) is 0 Å². The van der Waals surface area contributed by atoms with Gasteiger partial charge in [-0.3, -0.25) is 9.59 Å². The van der Waals surface area contributed by atoms with E-state index in [-0.39, 0.29) is 17.6 Å². The summed E-state index contributed by atoms with van der Waals surface area (Å²) in [5, 5.41) is 8.98. The third-order valence-corrected chi connectivity index (χ3v) is 4.13. The highest BCUT2D eigenvalue weighted by Gasteiger charge is 2.34. The van der Waals surface area contributed by atoms with Crippen LogP contribution in [-0.4, -0.2) is 23.5 Å². The fraction of sp³-hybridized carbons (Fsp3) is 0.467. The van der Waals surface area contributed by atoms with Crippen molar-refractivity contribution in [3.63, 3.8) is 0 Å². The van der Waals surface area contributed by atoms with Crippen LogP contribution in [0, 0.1) is 11.8 Å². The highest BCUT2D eigenvalue weighted by atomic mass is 16.5. The first-order valence-electron chi connectivity index (χ1n) is 6.68. The third-order valence-electron chi connectivity index (χ3n) is 4.13. The summed E-state index contributed by atoms with van der Waals surface area (Å²) >= 11 is 0. The van der Waals surface area contributed by atoms with Gasteiger partial charge in [-0.25, -0.2) is 0 Å². The Balaban J connectivity index is 1.76. The standard InChI is InChI=1S/C15H16O4/c16-14(10-1-2-12(8-10)15(17)18)11-3-4-13-9(7-11)5-6-19-13/h3-4,7,10,12H,1-2,5-6,8H2,(H,17,18). The first-order valence-corrected chi connectivity index (χ1v) is 6.68. The number of rotatable bonds is 3. The molecule has 4 heteroatoms. The summed E-state index contributed by atoms with van der Waals surface area (Å²) < 4.78 is 5.42. The number of carbonyl (C=O) groups is 2. The van der Waals surface area contributed by atoms with Gasteiger partial charge in [-0.2, -0.15) is 0 Å². The molecule has 1 aliphatic carbocycles. The molecule has 19 heavy (non-hydrogen) atoms. The molecule has 4 nitrogen and oxygen atoms in total. The van der Waals surface area contributed by atoms with Crippen LogP contribution < -0.4 is 4.74 Å². The maximum atomic E-state index is 12.4. The zero-order valence-corrected chi connectivity index (χ0v) is 10.6. The molecule has 2 atom stereocenters. The number of fused-ring (bicyclic) bond motifs is 1. The Morgan fingerprint density at radius 2 is 2.00 bits per heavy atom. The van der Waals surface area contributed by atoms with Crippen molar-refractivity contribution in [3.05, 3.63) is 29.3 Å². The highest BCUT2D eigenvalue weighted by Crippen LogP contribution is 2.34. The average Bonchev–Trinajstić information content (AvgIpc) is 3.06.